The standard InChI is InChI=1S/C20H20N2O4/c1-14-17(22-20(26-14)18-8-3-4-10-21-18)9-11-25-16-7-5-6-15(12-16)13-19(23)24-2/h3-8,10,12H,9,11,13H2,1-2H3. The fourth-order valence-electron chi connectivity index (χ4n) is 2.51. The molecule has 0 aliphatic rings. The number of hydrogen-bond acceptors (Lipinski definition) is 6. The molecule has 0 saturated heterocycles. The van der Waals surface area contributed by atoms with Crippen LogP contribution in [0.3, 0.4) is 0 Å². The molecule has 0 spiro atoms. The topological polar surface area (TPSA) is 74.5 Å². The lowest BCUT2D eigenvalue weighted by molar-refractivity contribution is -0.139. The molecule has 0 aliphatic heterocycles. The van der Waals surface area contributed by atoms with Crippen LogP contribution in [0.2, 0.25) is 0 Å². The SMILES string of the molecule is COC(=O)Cc1cccc(OCCc2nc(-c3ccccn3)oc2C)c1. The summed E-state index contributed by atoms with van der Waals surface area (Å²) >= 11 is 0. The summed E-state index contributed by atoms with van der Waals surface area (Å²) < 4.78 is 16.2. The highest BCUT2D eigenvalue weighted by atomic mass is 16.5. The molecule has 2 heterocycles. The van der Waals surface area contributed by atoms with Gasteiger partial charge in [-0.25, -0.2) is 4.98 Å². The molecule has 3 aromatic rings. The minimum Gasteiger partial charge on any atom is -0.493 e. The third-order valence-electron chi connectivity index (χ3n) is 3.86. The van der Waals surface area contributed by atoms with Gasteiger partial charge in [0.1, 0.15) is 17.2 Å². The summed E-state index contributed by atoms with van der Waals surface area (Å²) in [4.78, 5) is 20.1. The Hall–Kier alpha value is -3.15. The number of ether oxygens (including phenoxy) is 2. The zero-order valence-corrected chi connectivity index (χ0v) is 14.8. The van der Waals surface area contributed by atoms with Crippen molar-refractivity contribution >= 4 is 5.97 Å². The maximum Gasteiger partial charge on any atom is 0.309 e. The van der Waals surface area contributed by atoms with Crippen LogP contribution in [0, 0.1) is 6.92 Å². The van der Waals surface area contributed by atoms with Crippen molar-refractivity contribution in [1.29, 1.82) is 0 Å². The Morgan fingerprint density at radius 3 is 2.85 bits per heavy atom. The molecule has 6 heteroatoms. The van der Waals surface area contributed by atoms with Crippen LogP contribution in [0.4, 0.5) is 0 Å². The highest BCUT2D eigenvalue weighted by Crippen LogP contribution is 2.20. The number of benzene rings is 1. The minimum atomic E-state index is -0.276. The van der Waals surface area contributed by atoms with E-state index in [1.54, 1.807) is 6.20 Å². The number of pyridine rings is 1. The molecule has 0 saturated carbocycles. The normalized spacial score (nSPS) is 10.5. The monoisotopic (exact) mass is 352 g/mol. The number of rotatable bonds is 7. The van der Waals surface area contributed by atoms with Gasteiger partial charge >= 0.3 is 5.97 Å². The smallest absolute Gasteiger partial charge is 0.309 e. The van der Waals surface area contributed by atoms with Crippen LogP contribution in [0.5, 0.6) is 5.75 Å². The van der Waals surface area contributed by atoms with E-state index in [2.05, 4.69) is 14.7 Å². The first-order valence-electron chi connectivity index (χ1n) is 8.32. The quantitative estimate of drug-likeness (QED) is 0.607. The fourth-order valence-corrected chi connectivity index (χ4v) is 2.51. The van der Waals surface area contributed by atoms with Crippen LogP contribution in [-0.4, -0.2) is 29.7 Å². The molecule has 6 nitrogen and oxygen atoms in total. The van der Waals surface area contributed by atoms with E-state index in [1.165, 1.54) is 7.11 Å². The largest absolute Gasteiger partial charge is 0.493 e. The molecule has 0 amide bonds. The van der Waals surface area contributed by atoms with E-state index in [-0.39, 0.29) is 12.4 Å². The summed E-state index contributed by atoms with van der Waals surface area (Å²) in [7, 11) is 1.38. The van der Waals surface area contributed by atoms with Gasteiger partial charge in [-0.3, -0.25) is 9.78 Å². The Labute approximate surface area is 151 Å². The van der Waals surface area contributed by atoms with Gasteiger partial charge in [0, 0.05) is 12.6 Å². The number of hydrogen-bond donors (Lipinski definition) is 0. The zero-order valence-electron chi connectivity index (χ0n) is 14.8. The lowest BCUT2D eigenvalue weighted by Gasteiger charge is -2.07. The van der Waals surface area contributed by atoms with Crippen molar-refractivity contribution in [1.82, 2.24) is 9.97 Å². The highest BCUT2D eigenvalue weighted by molar-refractivity contribution is 5.72. The van der Waals surface area contributed by atoms with E-state index in [4.69, 9.17) is 9.15 Å². The van der Waals surface area contributed by atoms with Crippen molar-refractivity contribution in [2.24, 2.45) is 0 Å². The van der Waals surface area contributed by atoms with E-state index in [9.17, 15) is 4.79 Å². The highest BCUT2D eigenvalue weighted by Gasteiger charge is 2.12. The van der Waals surface area contributed by atoms with Gasteiger partial charge in [0.2, 0.25) is 5.89 Å². The van der Waals surface area contributed by atoms with E-state index in [1.807, 2.05) is 49.4 Å². The number of aromatic nitrogens is 2. The van der Waals surface area contributed by atoms with Gasteiger partial charge < -0.3 is 13.9 Å². The number of nitrogens with zero attached hydrogens (tertiary/aromatic N) is 2. The van der Waals surface area contributed by atoms with Crippen molar-refractivity contribution in [2.45, 2.75) is 19.8 Å². The summed E-state index contributed by atoms with van der Waals surface area (Å²) in [6.07, 6.45) is 2.55. The molecule has 134 valence electrons. The molecule has 0 aliphatic carbocycles. The predicted octanol–water partition coefficient (Wildman–Crippen LogP) is 3.38. The maximum absolute atomic E-state index is 11.4. The number of methoxy groups -OCH3 is 1. The molecule has 1 aromatic carbocycles. The number of oxazole rings is 1. The third-order valence-corrected chi connectivity index (χ3v) is 3.86. The second-order valence-electron chi connectivity index (χ2n) is 5.74. The Balaban J connectivity index is 1.59. The number of esters is 1. The zero-order chi connectivity index (χ0) is 18.4. The summed E-state index contributed by atoms with van der Waals surface area (Å²) in [6.45, 7) is 2.34. The van der Waals surface area contributed by atoms with Crippen molar-refractivity contribution in [3.8, 4) is 17.3 Å². The van der Waals surface area contributed by atoms with E-state index in [0.717, 1.165) is 17.0 Å². The molecule has 26 heavy (non-hydrogen) atoms. The van der Waals surface area contributed by atoms with Gasteiger partial charge in [0.05, 0.1) is 25.8 Å². The molecule has 0 radical (unpaired) electrons. The average molecular weight is 352 g/mol. The lowest BCUT2D eigenvalue weighted by atomic mass is 10.1. The third kappa shape index (κ3) is 4.47. The first-order chi connectivity index (χ1) is 12.7. The van der Waals surface area contributed by atoms with Crippen LogP contribution >= 0.6 is 0 Å². The predicted molar refractivity (Wildman–Crippen MR) is 95.8 cm³/mol. The number of carbonyl (C=O) groups is 1. The molecule has 0 atom stereocenters. The lowest BCUT2D eigenvalue weighted by Crippen LogP contribution is -2.06. The average Bonchev–Trinajstić information content (AvgIpc) is 3.03. The van der Waals surface area contributed by atoms with Crippen molar-refractivity contribution < 1.29 is 18.7 Å². The van der Waals surface area contributed by atoms with Gasteiger partial charge in [-0.15, -0.1) is 0 Å². The molecule has 0 N–H and O–H groups in total. The van der Waals surface area contributed by atoms with Crippen molar-refractivity contribution in [3.63, 3.8) is 0 Å². The summed E-state index contributed by atoms with van der Waals surface area (Å²) in [6, 6.07) is 13.0. The van der Waals surface area contributed by atoms with E-state index in [0.29, 0.717) is 30.4 Å². The minimum absolute atomic E-state index is 0.226. The Kier molecular flexibility index (Phi) is 5.63. The molecule has 0 fully saturated rings. The van der Waals surface area contributed by atoms with Crippen molar-refractivity contribution in [3.05, 3.63) is 65.7 Å². The Morgan fingerprint density at radius 1 is 1.19 bits per heavy atom. The van der Waals surface area contributed by atoms with Crippen LogP contribution < -0.4 is 4.74 Å². The molecular weight excluding hydrogens is 332 g/mol. The second-order valence-corrected chi connectivity index (χ2v) is 5.74. The van der Waals surface area contributed by atoms with Gasteiger partial charge in [0.15, 0.2) is 0 Å². The molecule has 0 bridgehead atoms. The Bertz CT molecular complexity index is 875. The summed E-state index contributed by atoms with van der Waals surface area (Å²) in [5.74, 6) is 1.70. The molecular formula is C20H20N2O4. The van der Waals surface area contributed by atoms with Gasteiger partial charge in [0.25, 0.3) is 0 Å². The van der Waals surface area contributed by atoms with Gasteiger partial charge in [-0.05, 0) is 36.8 Å². The number of aryl methyl sites for hydroxylation is 1. The first kappa shape index (κ1) is 17.7. The molecule has 2 aromatic heterocycles. The van der Waals surface area contributed by atoms with E-state index < -0.39 is 0 Å². The van der Waals surface area contributed by atoms with Crippen LogP contribution in [0.15, 0.2) is 53.1 Å². The fraction of sp³-hybridized carbons (Fsp3) is 0.250. The molecule has 3 rings (SSSR count). The van der Waals surface area contributed by atoms with Crippen molar-refractivity contribution in [2.75, 3.05) is 13.7 Å². The summed E-state index contributed by atoms with van der Waals surface area (Å²) in [5, 5.41) is 0. The maximum atomic E-state index is 11.4. The number of carbonyl (C=O) groups excluding carboxylic acids is 1. The van der Waals surface area contributed by atoms with Gasteiger partial charge in [-0.1, -0.05) is 18.2 Å². The second kappa shape index (κ2) is 8.29. The summed E-state index contributed by atoms with van der Waals surface area (Å²) in [5.41, 5.74) is 2.40. The van der Waals surface area contributed by atoms with Crippen LogP contribution in [0.1, 0.15) is 17.0 Å². The molecule has 0 unspecified atom stereocenters. The van der Waals surface area contributed by atoms with E-state index >= 15 is 0 Å². The van der Waals surface area contributed by atoms with Crippen LogP contribution in [-0.2, 0) is 22.4 Å². The first-order valence-corrected chi connectivity index (χ1v) is 8.32. The van der Waals surface area contributed by atoms with Crippen LogP contribution in [0.25, 0.3) is 11.6 Å². The Morgan fingerprint density at radius 2 is 2.08 bits per heavy atom. The van der Waals surface area contributed by atoms with Gasteiger partial charge in [-0.2, -0.15) is 0 Å².